The maximum absolute atomic E-state index is 13.0. The Morgan fingerprint density at radius 3 is 2.63 bits per heavy atom. The lowest BCUT2D eigenvalue weighted by molar-refractivity contribution is -0.385. The number of benzene rings is 3. The molecular weight excluding hydrogens is 583 g/mol. The van der Waals surface area contributed by atoms with E-state index in [1.807, 2.05) is 0 Å². The van der Waals surface area contributed by atoms with E-state index in [1.165, 1.54) is 18.3 Å². The van der Waals surface area contributed by atoms with Crippen LogP contribution in [0.3, 0.4) is 0 Å². The Hall–Kier alpha value is -2.98. The standard InChI is InChI=1S/C23H14BrCl3N4O4/c1-12-29-20-5-3-15(24)8-17(20)23(32)30(12)28-10-14-7-16(25)9-21(31(33)34)22(14)35-11-13-2-4-18(26)19(27)6-13/h2-10H,11H2,1H3. The third kappa shape index (κ3) is 5.48. The number of hydrogen-bond donors (Lipinski definition) is 0. The predicted octanol–water partition coefficient (Wildman–Crippen LogP) is 6.80. The molecule has 0 fully saturated rings. The van der Waals surface area contributed by atoms with Crippen LogP contribution in [-0.4, -0.2) is 20.8 Å². The number of fused-ring (bicyclic) bond motifs is 1. The monoisotopic (exact) mass is 594 g/mol. The molecule has 0 unspecified atom stereocenters. The van der Waals surface area contributed by atoms with Gasteiger partial charge in [0.1, 0.15) is 12.4 Å². The Bertz CT molecular complexity index is 1570. The molecule has 0 spiro atoms. The highest BCUT2D eigenvalue weighted by Crippen LogP contribution is 2.35. The van der Waals surface area contributed by atoms with Crippen molar-refractivity contribution in [2.75, 3.05) is 0 Å². The van der Waals surface area contributed by atoms with Crippen molar-refractivity contribution in [3.05, 3.63) is 105 Å². The summed E-state index contributed by atoms with van der Waals surface area (Å²) in [6.45, 7) is 1.59. The van der Waals surface area contributed by atoms with Crippen LogP contribution in [-0.2, 0) is 6.61 Å². The highest BCUT2D eigenvalue weighted by Gasteiger charge is 2.21. The molecule has 1 aromatic heterocycles. The minimum Gasteiger partial charge on any atom is -0.481 e. The number of nitrogens with zero attached hydrogens (tertiary/aromatic N) is 4. The molecule has 0 aliphatic rings. The van der Waals surface area contributed by atoms with E-state index in [-0.39, 0.29) is 28.6 Å². The van der Waals surface area contributed by atoms with Gasteiger partial charge in [-0.2, -0.15) is 9.78 Å². The zero-order valence-electron chi connectivity index (χ0n) is 17.8. The van der Waals surface area contributed by atoms with Crippen molar-refractivity contribution in [1.82, 2.24) is 9.66 Å². The minimum absolute atomic E-state index is 0.0370. The summed E-state index contributed by atoms with van der Waals surface area (Å²) in [5.41, 5.74) is 0.600. The van der Waals surface area contributed by atoms with E-state index >= 15 is 0 Å². The lowest BCUT2D eigenvalue weighted by Crippen LogP contribution is -2.20. The fourth-order valence-electron chi connectivity index (χ4n) is 3.29. The quantitative estimate of drug-likeness (QED) is 0.139. The largest absolute Gasteiger partial charge is 0.481 e. The van der Waals surface area contributed by atoms with Gasteiger partial charge in [0, 0.05) is 21.1 Å². The number of aromatic nitrogens is 2. The van der Waals surface area contributed by atoms with Crippen LogP contribution >= 0.6 is 50.7 Å². The fraction of sp³-hybridized carbons (Fsp3) is 0.0870. The molecule has 8 nitrogen and oxygen atoms in total. The smallest absolute Gasteiger partial charge is 0.313 e. The summed E-state index contributed by atoms with van der Waals surface area (Å²) in [5, 5.41) is 17.1. The average Bonchev–Trinajstić information content (AvgIpc) is 2.80. The van der Waals surface area contributed by atoms with Gasteiger partial charge in [-0.05, 0) is 48.9 Å². The van der Waals surface area contributed by atoms with Gasteiger partial charge < -0.3 is 4.74 Å². The molecule has 178 valence electrons. The molecule has 0 saturated heterocycles. The second-order valence-electron chi connectivity index (χ2n) is 7.32. The Morgan fingerprint density at radius 1 is 1.14 bits per heavy atom. The second kappa shape index (κ2) is 10.3. The molecule has 35 heavy (non-hydrogen) atoms. The van der Waals surface area contributed by atoms with Crippen LogP contribution in [0.2, 0.25) is 15.1 Å². The van der Waals surface area contributed by atoms with Crippen LogP contribution in [0.15, 0.2) is 62.9 Å². The zero-order valence-corrected chi connectivity index (χ0v) is 21.7. The van der Waals surface area contributed by atoms with Crippen LogP contribution in [0.5, 0.6) is 5.75 Å². The average molecular weight is 597 g/mol. The van der Waals surface area contributed by atoms with Gasteiger partial charge in [-0.3, -0.25) is 14.9 Å². The maximum Gasteiger partial charge on any atom is 0.313 e. The van der Waals surface area contributed by atoms with Crippen molar-refractivity contribution >= 4 is 73.5 Å². The molecule has 0 saturated carbocycles. The topological polar surface area (TPSA) is 99.6 Å². The number of ether oxygens (including phenoxy) is 1. The maximum atomic E-state index is 13.0. The van der Waals surface area contributed by atoms with E-state index in [4.69, 9.17) is 39.5 Å². The first kappa shape index (κ1) is 25.1. The fourth-order valence-corrected chi connectivity index (χ4v) is 4.19. The molecule has 4 rings (SSSR count). The van der Waals surface area contributed by atoms with Crippen LogP contribution < -0.4 is 10.3 Å². The molecule has 0 bridgehead atoms. The molecule has 0 radical (unpaired) electrons. The Morgan fingerprint density at radius 2 is 1.91 bits per heavy atom. The normalized spacial score (nSPS) is 11.3. The lowest BCUT2D eigenvalue weighted by atomic mass is 10.2. The molecule has 0 atom stereocenters. The van der Waals surface area contributed by atoms with Crippen molar-refractivity contribution in [2.24, 2.45) is 5.10 Å². The summed E-state index contributed by atoms with van der Waals surface area (Å²) in [5.74, 6) is 0.257. The number of halogens is 4. The third-order valence-electron chi connectivity index (χ3n) is 4.91. The number of aryl methyl sites for hydroxylation is 1. The molecular formula is C23H14BrCl3N4O4. The van der Waals surface area contributed by atoms with Gasteiger partial charge in [-0.15, -0.1) is 0 Å². The Labute approximate surface area is 222 Å². The van der Waals surface area contributed by atoms with Gasteiger partial charge in [0.05, 0.1) is 32.1 Å². The number of nitro groups is 1. The second-order valence-corrected chi connectivity index (χ2v) is 9.49. The van der Waals surface area contributed by atoms with E-state index in [0.717, 1.165) is 4.68 Å². The van der Waals surface area contributed by atoms with Crippen molar-refractivity contribution in [1.29, 1.82) is 0 Å². The molecule has 3 aromatic carbocycles. The zero-order chi connectivity index (χ0) is 25.3. The molecule has 0 amide bonds. The molecule has 12 heteroatoms. The highest BCUT2D eigenvalue weighted by atomic mass is 79.9. The number of hydrogen-bond acceptors (Lipinski definition) is 6. The lowest BCUT2D eigenvalue weighted by Gasteiger charge is -2.11. The molecule has 0 aliphatic carbocycles. The molecule has 4 aromatic rings. The minimum atomic E-state index is -0.611. The Balaban J connectivity index is 1.77. The van der Waals surface area contributed by atoms with Gasteiger partial charge in [-0.1, -0.05) is 56.8 Å². The summed E-state index contributed by atoms with van der Waals surface area (Å²) in [4.78, 5) is 28.5. The summed E-state index contributed by atoms with van der Waals surface area (Å²) in [6.07, 6.45) is 1.27. The van der Waals surface area contributed by atoms with Crippen LogP contribution in [0.4, 0.5) is 5.69 Å². The van der Waals surface area contributed by atoms with Crippen molar-refractivity contribution < 1.29 is 9.66 Å². The van der Waals surface area contributed by atoms with Gasteiger partial charge in [0.15, 0.2) is 0 Å². The Kier molecular flexibility index (Phi) is 7.42. The van der Waals surface area contributed by atoms with E-state index in [0.29, 0.717) is 36.8 Å². The molecule has 1 heterocycles. The summed E-state index contributed by atoms with van der Waals surface area (Å²) >= 11 is 21.5. The van der Waals surface area contributed by atoms with Gasteiger partial charge in [0.25, 0.3) is 5.56 Å². The molecule has 0 N–H and O–H groups in total. The van der Waals surface area contributed by atoms with Crippen molar-refractivity contribution in [2.45, 2.75) is 13.5 Å². The van der Waals surface area contributed by atoms with E-state index in [9.17, 15) is 14.9 Å². The van der Waals surface area contributed by atoms with E-state index in [2.05, 4.69) is 26.0 Å². The van der Waals surface area contributed by atoms with Gasteiger partial charge in [-0.25, -0.2) is 4.98 Å². The van der Waals surface area contributed by atoms with E-state index < -0.39 is 10.5 Å². The van der Waals surface area contributed by atoms with Crippen LogP contribution in [0, 0.1) is 17.0 Å². The van der Waals surface area contributed by atoms with Crippen molar-refractivity contribution in [3.8, 4) is 5.75 Å². The number of rotatable bonds is 6. The van der Waals surface area contributed by atoms with Gasteiger partial charge >= 0.3 is 5.69 Å². The van der Waals surface area contributed by atoms with E-state index in [1.54, 1.807) is 43.3 Å². The first-order chi connectivity index (χ1) is 16.6. The van der Waals surface area contributed by atoms with Gasteiger partial charge in [0.2, 0.25) is 5.75 Å². The predicted molar refractivity (Wildman–Crippen MR) is 140 cm³/mol. The molecule has 0 aliphatic heterocycles. The van der Waals surface area contributed by atoms with Crippen LogP contribution in [0.25, 0.3) is 10.9 Å². The third-order valence-corrected chi connectivity index (χ3v) is 6.36. The highest BCUT2D eigenvalue weighted by molar-refractivity contribution is 9.10. The summed E-state index contributed by atoms with van der Waals surface area (Å²) in [6, 6.07) is 12.7. The first-order valence-corrected chi connectivity index (χ1v) is 11.8. The van der Waals surface area contributed by atoms with Crippen LogP contribution in [0.1, 0.15) is 17.0 Å². The number of nitro benzene ring substituents is 1. The first-order valence-electron chi connectivity index (χ1n) is 9.92. The summed E-state index contributed by atoms with van der Waals surface area (Å²) in [7, 11) is 0. The SMILES string of the molecule is Cc1nc2ccc(Br)cc2c(=O)n1N=Cc1cc(Cl)cc([N+](=O)[O-])c1OCc1ccc(Cl)c(Cl)c1. The van der Waals surface area contributed by atoms with Crippen molar-refractivity contribution in [3.63, 3.8) is 0 Å². The summed E-state index contributed by atoms with van der Waals surface area (Å²) < 4.78 is 7.61.